The summed E-state index contributed by atoms with van der Waals surface area (Å²) in [4.78, 5) is 13.1. The zero-order chi connectivity index (χ0) is 38.2. The smallest absolute Gasteiger partial charge is 0.426 e. The Labute approximate surface area is 273 Å². The minimum atomic E-state index is -5.98. The number of aliphatic hydroxyl groups is 1. The molecule has 1 N–H and O–H groups in total. The molecule has 0 aromatic carbocycles. The summed E-state index contributed by atoms with van der Waals surface area (Å²) < 4.78 is 208. The van der Waals surface area contributed by atoms with Crippen LogP contribution >= 0.6 is 0 Å². The summed E-state index contributed by atoms with van der Waals surface area (Å²) in [6.45, 7) is 3.82. The molecule has 0 aromatic rings. The van der Waals surface area contributed by atoms with E-state index in [0.29, 0.717) is 6.92 Å². The highest BCUT2D eigenvalue weighted by molar-refractivity contribution is 5.77. The van der Waals surface area contributed by atoms with Gasteiger partial charge in [-0.05, 0) is 94.8 Å². The Bertz CT molecular complexity index is 1070. The molecule has 7 atom stereocenters. The molecule has 0 aliphatic heterocycles. The molecule has 7 unspecified atom stereocenters. The molecule has 2 bridgehead atoms. The van der Waals surface area contributed by atoms with E-state index in [1.807, 2.05) is 0 Å². The summed E-state index contributed by atoms with van der Waals surface area (Å²) in [6.07, 6.45) is -36.0. The Morgan fingerprint density at radius 3 is 1.73 bits per heavy atom. The van der Waals surface area contributed by atoms with E-state index < -0.39 is 116 Å². The highest BCUT2D eigenvalue weighted by atomic mass is 19.4. The van der Waals surface area contributed by atoms with E-state index in [4.69, 9.17) is 4.74 Å². The van der Waals surface area contributed by atoms with Crippen LogP contribution in [0.15, 0.2) is 0 Å². The maximum atomic E-state index is 14.3. The number of hydrogen-bond acceptors (Lipinski definition) is 4. The van der Waals surface area contributed by atoms with Gasteiger partial charge in [0.2, 0.25) is 6.10 Å². The second-order valence-electron chi connectivity index (χ2n) is 14.0. The van der Waals surface area contributed by atoms with E-state index in [2.05, 4.69) is 4.74 Å². The van der Waals surface area contributed by atoms with Gasteiger partial charge in [0.15, 0.2) is 5.41 Å². The van der Waals surface area contributed by atoms with Crippen molar-refractivity contribution >= 4 is 5.97 Å². The van der Waals surface area contributed by atoms with E-state index >= 15 is 0 Å². The Morgan fingerprint density at radius 2 is 1.31 bits per heavy atom. The molecule has 0 radical (unpaired) electrons. The Kier molecular flexibility index (Phi) is 13.1. The van der Waals surface area contributed by atoms with Gasteiger partial charge in [-0.25, -0.2) is 0 Å². The van der Waals surface area contributed by atoms with Crippen LogP contribution in [0.3, 0.4) is 0 Å². The predicted molar refractivity (Wildman–Crippen MR) is 143 cm³/mol. The maximum Gasteiger partial charge on any atom is 0.426 e. The van der Waals surface area contributed by atoms with Crippen molar-refractivity contribution in [2.45, 2.75) is 140 Å². The molecule has 0 aromatic heterocycles. The molecule has 2 aliphatic rings. The van der Waals surface area contributed by atoms with Crippen molar-refractivity contribution in [3.8, 4) is 0 Å². The number of rotatable bonds is 15. The van der Waals surface area contributed by atoms with Gasteiger partial charge in [0.25, 0.3) is 5.60 Å². The van der Waals surface area contributed by atoms with Crippen LogP contribution in [0, 0.1) is 35.0 Å². The van der Waals surface area contributed by atoms with Crippen molar-refractivity contribution in [1.29, 1.82) is 0 Å². The predicted octanol–water partition coefficient (Wildman–Crippen LogP) is 10.3. The van der Waals surface area contributed by atoms with Gasteiger partial charge in [0.05, 0.1) is 0 Å². The topological polar surface area (TPSA) is 55.8 Å². The van der Waals surface area contributed by atoms with Crippen molar-refractivity contribution in [3.63, 3.8) is 0 Å². The molecular weight excluding hydrogens is 709 g/mol. The van der Waals surface area contributed by atoms with Crippen molar-refractivity contribution < 1.29 is 85.2 Å². The average molecular weight is 751 g/mol. The van der Waals surface area contributed by atoms with E-state index in [0.717, 1.165) is 0 Å². The zero-order valence-electron chi connectivity index (χ0n) is 27.1. The minimum absolute atomic E-state index is 0.0555. The number of carbonyl (C=O) groups is 1. The summed E-state index contributed by atoms with van der Waals surface area (Å²) >= 11 is 0. The van der Waals surface area contributed by atoms with Crippen LogP contribution in [0.5, 0.6) is 0 Å². The van der Waals surface area contributed by atoms with Crippen molar-refractivity contribution in [2.24, 2.45) is 35.0 Å². The third kappa shape index (κ3) is 9.82. The molecule has 290 valence electrons. The van der Waals surface area contributed by atoms with Crippen LogP contribution in [0.1, 0.15) is 91.9 Å². The number of carbonyl (C=O) groups excluding carboxylic acids is 1. The van der Waals surface area contributed by atoms with Gasteiger partial charge in [0, 0.05) is 6.61 Å². The number of ether oxygens (including phenoxy) is 2. The zero-order valence-corrected chi connectivity index (χ0v) is 27.1. The summed E-state index contributed by atoms with van der Waals surface area (Å²) in [5.74, 6) is -4.77. The highest BCUT2D eigenvalue weighted by Gasteiger charge is 2.71. The van der Waals surface area contributed by atoms with Crippen molar-refractivity contribution in [1.82, 2.24) is 0 Å². The molecule has 49 heavy (non-hydrogen) atoms. The Hall–Kier alpha value is -1.66. The lowest BCUT2D eigenvalue weighted by Gasteiger charge is -2.40. The first-order valence-corrected chi connectivity index (χ1v) is 15.8. The third-order valence-corrected chi connectivity index (χ3v) is 10.4. The van der Waals surface area contributed by atoms with E-state index in [9.17, 15) is 75.8 Å². The Morgan fingerprint density at radius 1 is 0.776 bits per heavy atom. The molecule has 19 heteroatoms. The Balaban J connectivity index is 2.07. The fourth-order valence-corrected chi connectivity index (χ4v) is 7.61. The summed E-state index contributed by atoms with van der Waals surface area (Å²) in [5, 5.41) is 9.65. The highest BCUT2D eigenvalue weighted by Crippen LogP contribution is 2.60. The molecule has 0 spiro atoms. The first kappa shape index (κ1) is 43.5. The molecule has 2 aliphatic carbocycles. The molecule has 2 saturated carbocycles. The van der Waals surface area contributed by atoms with E-state index in [1.165, 1.54) is 6.92 Å². The van der Waals surface area contributed by atoms with Crippen LogP contribution in [0.4, 0.5) is 65.9 Å². The fourth-order valence-electron chi connectivity index (χ4n) is 7.61. The van der Waals surface area contributed by atoms with E-state index in [1.54, 1.807) is 13.8 Å². The lowest BCUT2D eigenvalue weighted by atomic mass is 9.69. The number of esters is 1. The quantitative estimate of drug-likeness (QED) is 0.103. The molecule has 2 rings (SSSR count). The summed E-state index contributed by atoms with van der Waals surface area (Å²) in [7, 11) is 0. The lowest BCUT2D eigenvalue weighted by Crippen LogP contribution is -2.58. The first-order valence-electron chi connectivity index (χ1n) is 15.8. The SMILES string of the molecule is CCCC(C)(CCCOC(C(F)(F)F)C(F)(F)F)OC(=O)C(C)(CCCC1C2CC(CC(O)(C(F)(F)F)C(F)(F)F)C(C2)C1C)C(F)(F)F. The molecule has 0 heterocycles. The fraction of sp³-hybridized carbons (Fsp3) is 0.967. The number of fused-ring (bicyclic) bond motifs is 2. The van der Waals surface area contributed by atoms with Crippen LogP contribution in [-0.2, 0) is 14.3 Å². The van der Waals surface area contributed by atoms with Crippen LogP contribution in [0.25, 0.3) is 0 Å². The van der Waals surface area contributed by atoms with Crippen LogP contribution < -0.4 is 0 Å². The van der Waals surface area contributed by atoms with Gasteiger partial charge in [-0.2, -0.15) is 65.9 Å². The standard InChI is InChI=1S/C30H41F15O4/c1-5-9-23(3,10-7-12-48-21(26(31,32)33)27(34,35)36)49-22(46)24(4,28(37,38)39)11-6-8-19-16(2)20-14-17(19)13-18(20)15-25(47,29(40,41)42)30(43,44)45/h16-21,47H,5-15H2,1-4H3. The van der Waals surface area contributed by atoms with E-state index in [-0.39, 0.29) is 44.4 Å². The molecule has 0 saturated heterocycles. The molecule has 4 nitrogen and oxygen atoms in total. The van der Waals surface area contributed by atoms with Crippen LogP contribution in [-0.4, -0.2) is 65.9 Å². The lowest BCUT2D eigenvalue weighted by molar-refractivity contribution is -0.373. The normalized spacial score (nSPS) is 26.6. The molecule has 0 amide bonds. The van der Waals surface area contributed by atoms with Gasteiger partial charge in [-0.3, -0.25) is 4.79 Å². The van der Waals surface area contributed by atoms with Gasteiger partial charge < -0.3 is 14.6 Å². The summed E-state index contributed by atoms with van der Waals surface area (Å²) in [5.41, 5.74) is -9.72. The molecule has 2 fully saturated rings. The number of alkyl halides is 15. The summed E-state index contributed by atoms with van der Waals surface area (Å²) in [6, 6.07) is 0. The minimum Gasteiger partial charge on any atom is -0.459 e. The first-order chi connectivity index (χ1) is 21.8. The monoisotopic (exact) mass is 750 g/mol. The number of halogens is 15. The van der Waals surface area contributed by atoms with Crippen LogP contribution in [0.2, 0.25) is 0 Å². The second kappa shape index (κ2) is 14.8. The second-order valence-corrected chi connectivity index (χ2v) is 14.0. The van der Waals surface area contributed by atoms with Crippen molar-refractivity contribution in [2.75, 3.05) is 6.61 Å². The largest absolute Gasteiger partial charge is 0.459 e. The van der Waals surface area contributed by atoms with Gasteiger partial charge in [-0.1, -0.05) is 26.7 Å². The van der Waals surface area contributed by atoms with Gasteiger partial charge in [0.1, 0.15) is 5.60 Å². The van der Waals surface area contributed by atoms with Gasteiger partial charge in [-0.15, -0.1) is 0 Å². The molecular formula is C30H41F15O4. The van der Waals surface area contributed by atoms with Gasteiger partial charge >= 0.3 is 36.9 Å². The van der Waals surface area contributed by atoms with Crippen molar-refractivity contribution in [3.05, 3.63) is 0 Å². The average Bonchev–Trinajstić information content (AvgIpc) is 3.42. The maximum absolute atomic E-state index is 14.3. The number of hydrogen-bond donors (Lipinski definition) is 1. The third-order valence-electron chi connectivity index (χ3n) is 10.4.